The number of amides is 2. The minimum atomic E-state index is -4.69. The van der Waals surface area contributed by atoms with E-state index in [1.54, 1.807) is 90.8 Å². The van der Waals surface area contributed by atoms with Crippen LogP contribution in [0, 0.1) is 11.3 Å². The Hall–Kier alpha value is -9.97. The summed E-state index contributed by atoms with van der Waals surface area (Å²) >= 11 is 0. The van der Waals surface area contributed by atoms with Gasteiger partial charge in [-0.15, -0.1) is 0 Å². The summed E-state index contributed by atoms with van der Waals surface area (Å²) in [7, 11) is 1.62. The summed E-state index contributed by atoms with van der Waals surface area (Å²) in [6, 6.07) is 45.5. The van der Waals surface area contributed by atoms with Gasteiger partial charge in [0.1, 0.15) is 0 Å². The third-order valence-electron chi connectivity index (χ3n) is 11.6. The number of aromatic amines is 2. The number of hydrogen-bond donors (Lipinski definition) is 5. The molecule has 0 bridgehead atoms. The van der Waals surface area contributed by atoms with Crippen molar-refractivity contribution in [2.75, 3.05) is 30.5 Å². The Morgan fingerprint density at radius 3 is 1.69 bits per heavy atom. The van der Waals surface area contributed by atoms with Crippen LogP contribution >= 0.6 is 0 Å². The van der Waals surface area contributed by atoms with Gasteiger partial charge in [0, 0.05) is 42.6 Å². The van der Waals surface area contributed by atoms with E-state index in [1.807, 2.05) is 60.7 Å². The molecule has 7 aromatic carbocycles. The number of carbonyl (C=O) groups is 4. The molecular formula is C56H43F6N9O6. The quantitative estimate of drug-likeness (QED) is 0.0482. The molecule has 0 radical (unpaired) electrons. The SMILES string of the molecule is CN(c1cccc(C(=O)COC(=O)NCc2ccccc2)c1)c1nc2cc(C#N)c(C(F)(F)F)cc2[nH]1.O=C(NCc1ccccc1)OCC(=O)c1cccc(Nc2nc3cc(-c4ccccc4)c(C(F)(F)F)cc3[nH]2)c1. The van der Waals surface area contributed by atoms with Crippen LogP contribution in [0.4, 0.5) is 59.2 Å². The van der Waals surface area contributed by atoms with Gasteiger partial charge in [0.05, 0.1) is 44.8 Å². The first-order valence-electron chi connectivity index (χ1n) is 23.3. The molecule has 2 heterocycles. The van der Waals surface area contributed by atoms with Gasteiger partial charge in [0.25, 0.3) is 0 Å². The number of halogens is 6. The average molecular weight is 1050 g/mol. The van der Waals surface area contributed by atoms with Crippen molar-refractivity contribution in [3.05, 3.63) is 203 Å². The van der Waals surface area contributed by atoms with Crippen LogP contribution in [0.3, 0.4) is 0 Å². The first-order valence-corrected chi connectivity index (χ1v) is 23.3. The molecule has 2 aromatic heterocycles. The molecule has 0 fully saturated rings. The molecule has 0 aliphatic rings. The predicted molar refractivity (Wildman–Crippen MR) is 274 cm³/mol. The average Bonchev–Trinajstić information content (AvgIpc) is 4.05. The molecule has 0 aliphatic carbocycles. The highest BCUT2D eigenvalue weighted by Gasteiger charge is 2.35. The van der Waals surface area contributed by atoms with Crippen molar-refractivity contribution < 1.29 is 55.0 Å². The number of carbonyl (C=O) groups excluding carboxylic acids is 4. The Morgan fingerprint density at radius 1 is 0.597 bits per heavy atom. The highest BCUT2D eigenvalue weighted by atomic mass is 19.4. The molecule has 0 unspecified atom stereocenters. The standard InChI is InChI=1S/C30H23F3N4O3.C26H20F3N5O3/c31-30(32,33)24-16-26-25(15-23(24)20-10-5-2-6-11-20)36-28(37-26)35-22-13-7-12-21(14-22)27(38)18-40-29(39)34-17-19-8-3-1-4-9-19;1-34(24-32-21-11-18(13-30)20(26(27,28)29)12-22(21)33-24)19-9-5-8-17(10-19)23(35)15-37-25(36)31-14-16-6-3-2-4-7-16/h1-16H,17-18H2,(H,34,39)(H2,35,36,37);2-12H,14-15H2,1H3,(H,31,36)(H,32,33). The number of alkyl halides is 6. The van der Waals surface area contributed by atoms with Gasteiger partial charge in [-0.25, -0.2) is 19.6 Å². The van der Waals surface area contributed by atoms with Crippen LogP contribution in [0.1, 0.15) is 48.5 Å². The van der Waals surface area contributed by atoms with E-state index < -0.39 is 66.0 Å². The second-order valence-corrected chi connectivity index (χ2v) is 16.9. The summed E-state index contributed by atoms with van der Waals surface area (Å²) in [5.41, 5.74) is 2.24. The molecule has 0 spiro atoms. The first-order chi connectivity index (χ1) is 36.9. The van der Waals surface area contributed by atoms with Crippen molar-refractivity contribution in [1.82, 2.24) is 30.6 Å². The number of nitrogens with one attached hydrogen (secondary N) is 5. The van der Waals surface area contributed by atoms with E-state index in [2.05, 4.69) is 35.9 Å². The lowest BCUT2D eigenvalue weighted by atomic mass is 9.98. The Bertz CT molecular complexity index is 3620. The number of nitrogens with zero attached hydrogens (tertiary/aromatic N) is 4. The fourth-order valence-electron chi connectivity index (χ4n) is 7.72. The number of anilines is 4. The minimum absolute atomic E-state index is 0.0269. The maximum atomic E-state index is 13.9. The third-order valence-corrected chi connectivity index (χ3v) is 11.6. The monoisotopic (exact) mass is 1050 g/mol. The number of Topliss-reactive ketones (excluding diaryl/α,β-unsaturated/α-hetero) is 2. The normalized spacial score (nSPS) is 11.2. The second-order valence-electron chi connectivity index (χ2n) is 16.9. The van der Waals surface area contributed by atoms with E-state index in [-0.39, 0.29) is 58.2 Å². The Morgan fingerprint density at radius 2 is 1.12 bits per heavy atom. The maximum Gasteiger partial charge on any atom is 0.417 e. The molecule has 0 saturated heterocycles. The summed E-state index contributed by atoms with van der Waals surface area (Å²) in [4.78, 5) is 65.0. The predicted octanol–water partition coefficient (Wildman–Crippen LogP) is 12.4. The van der Waals surface area contributed by atoms with Crippen LogP contribution in [-0.4, -0.2) is 64.0 Å². The molecule has 390 valence electrons. The molecular weight excluding hydrogens is 1010 g/mol. The van der Waals surface area contributed by atoms with Gasteiger partial charge in [-0.1, -0.05) is 115 Å². The molecule has 0 atom stereocenters. The first kappa shape index (κ1) is 53.3. The molecule has 5 N–H and O–H groups in total. The second kappa shape index (κ2) is 23.5. The van der Waals surface area contributed by atoms with Crippen molar-refractivity contribution in [3.63, 3.8) is 0 Å². The topological polar surface area (TPSA) is 207 Å². The Kier molecular flexibility index (Phi) is 16.3. The smallest absolute Gasteiger partial charge is 0.417 e. The number of alkyl carbamates (subject to hydrolysis) is 2. The zero-order valence-corrected chi connectivity index (χ0v) is 40.4. The number of hydrogen-bond acceptors (Lipinski definition) is 11. The van der Waals surface area contributed by atoms with Gasteiger partial charge in [-0.3, -0.25) is 9.59 Å². The highest BCUT2D eigenvalue weighted by molar-refractivity contribution is 5.99. The van der Waals surface area contributed by atoms with Crippen molar-refractivity contribution >= 4 is 69.1 Å². The largest absolute Gasteiger partial charge is 0.441 e. The summed E-state index contributed by atoms with van der Waals surface area (Å²) in [5, 5.41) is 17.2. The number of fused-ring (bicyclic) bond motifs is 2. The summed E-state index contributed by atoms with van der Waals surface area (Å²) < 4.78 is 91.5. The Balaban J connectivity index is 0.000000204. The van der Waals surface area contributed by atoms with Crippen molar-refractivity contribution in [1.29, 1.82) is 5.26 Å². The van der Waals surface area contributed by atoms with Crippen LogP contribution in [0.5, 0.6) is 0 Å². The van der Waals surface area contributed by atoms with Gasteiger partial charge in [0.15, 0.2) is 24.8 Å². The fourth-order valence-corrected chi connectivity index (χ4v) is 7.72. The molecule has 21 heteroatoms. The van der Waals surface area contributed by atoms with Crippen molar-refractivity contribution in [3.8, 4) is 17.2 Å². The van der Waals surface area contributed by atoms with E-state index >= 15 is 0 Å². The summed E-state index contributed by atoms with van der Waals surface area (Å²) in [6.45, 7) is -0.416. The molecule has 77 heavy (non-hydrogen) atoms. The zero-order chi connectivity index (χ0) is 54.7. The molecule has 0 aliphatic heterocycles. The van der Waals surface area contributed by atoms with Gasteiger partial charge in [-0.05, 0) is 70.8 Å². The van der Waals surface area contributed by atoms with E-state index in [9.17, 15) is 45.5 Å². The Labute approximate surface area is 434 Å². The lowest BCUT2D eigenvalue weighted by Gasteiger charge is -2.16. The minimum Gasteiger partial charge on any atom is -0.441 e. The number of benzene rings is 7. The zero-order valence-electron chi connectivity index (χ0n) is 40.4. The number of imidazole rings is 2. The fraction of sp³-hybridized carbons (Fsp3) is 0.125. The van der Waals surface area contributed by atoms with Gasteiger partial charge < -0.3 is 40.3 Å². The van der Waals surface area contributed by atoms with Gasteiger partial charge >= 0.3 is 24.5 Å². The lowest BCUT2D eigenvalue weighted by molar-refractivity contribution is -0.138. The van der Waals surface area contributed by atoms with E-state index in [0.29, 0.717) is 22.5 Å². The van der Waals surface area contributed by atoms with Gasteiger partial charge in [0.2, 0.25) is 11.9 Å². The van der Waals surface area contributed by atoms with E-state index in [0.717, 1.165) is 29.3 Å². The van der Waals surface area contributed by atoms with Crippen molar-refractivity contribution in [2.24, 2.45) is 0 Å². The number of H-pyrrole nitrogens is 2. The molecule has 0 saturated carbocycles. The number of ketones is 2. The summed E-state index contributed by atoms with van der Waals surface area (Å²) in [6.07, 6.45) is -10.7. The highest BCUT2D eigenvalue weighted by Crippen LogP contribution is 2.40. The van der Waals surface area contributed by atoms with Crippen molar-refractivity contribution in [2.45, 2.75) is 25.4 Å². The molecule has 2 amide bonds. The number of aromatic nitrogens is 4. The number of rotatable bonds is 15. The van der Waals surface area contributed by atoms with E-state index in [4.69, 9.17) is 14.7 Å². The van der Waals surface area contributed by atoms with Crippen LogP contribution in [0.15, 0.2) is 164 Å². The molecule has 15 nitrogen and oxygen atoms in total. The van der Waals surface area contributed by atoms with Gasteiger partial charge in [-0.2, -0.15) is 31.6 Å². The molecule has 9 rings (SSSR count). The molecule has 9 aromatic rings. The lowest BCUT2D eigenvalue weighted by Crippen LogP contribution is -2.26. The third kappa shape index (κ3) is 13.8. The van der Waals surface area contributed by atoms with Crippen LogP contribution in [-0.2, 0) is 34.9 Å². The summed E-state index contributed by atoms with van der Waals surface area (Å²) in [5.74, 6) is -0.456. The number of ether oxygens (including phenoxy) is 2. The van der Waals surface area contributed by atoms with Crippen LogP contribution in [0.25, 0.3) is 33.2 Å². The van der Waals surface area contributed by atoms with E-state index in [1.165, 1.54) is 12.1 Å². The van der Waals surface area contributed by atoms with Crippen LogP contribution in [0.2, 0.25) is 0 Å². The maximum absolute atomic E-state index is 13.9. The van der Waals surface area contributed by atoms with Crippen LogP contribution < -0.4 is 20.9 Å². The number of nitriles is 1.